The maximum absolute atomic E-state index is 10.5. The first-order chi connectivity index (χ1) is 9.06. The quantitative estimate of drug-likeness (QED) is 0.920. The summed E-state index contributed by atoms with van der Waals surface area (Å²) in [5.74, 6) is 2.77. The minimum Gasteiger partial charge on any atom is -0.497 e. The number of furan rings is 1. The van der Waals surface area contributed by atoms with Crippen LogP contribution < -0.4 is 9.47 Å². The lowest BCUT2D eigenvalue weighted by atomic mass is 10.0. The summed E-state index contributed by atoms with van der Waals surface area (Å²) in [6, 6.07) is 7.17. The molecule has 2 aromatic rings. The van der Waals surface area contributed by atoms with Gasteiger partial charge in [0.25, 0.3) is 0 Å². The number of hydrogen-bond acceptors (Lipinski definition) is 4. The van der Waals surface area contributed by atoms with E-state index < -0.39 is 6.10 Å². The molecule has 0 amide bonds. The minimum absolute atomic E-state index is 0.617. The molecule has 0 saturated carbocycles. The summed E-state index contributed by atoms with van der Waals surface area (Å²) in [7, 11) is 3.16. The van der Waals surface area contributed by atoms with E-state index in [4.69, 9.17) is 13.9 Å². The standard InChI is InChI=1S/C15H18O4/c1-9-7-12(10(2)19-9)15(16)13-8-11(17-3)5-6-14(13)18-4/h5-8,15-16H,1-4H3. The van der Waals surface area contributed by atoms with Gasteiger partial charge in [-0.1, -0.05) is 0 Å². The third kappa shape index (κ3) is 2.58. The van der Waals surface area contributed by atoms with E-state index in [9.17, 15) is 5.11 Å². The highest BCUT2D eigenvalue weighted by molar-refractivity contribution is 5.45. The Kier molecular flexibility index (Phi) is 3.81. The lowest BCUT2D eigenvalue weighted by Gasteiger charge is -2.15. The van der Waals surface area contributed by atoms with E-state index in [0.29, 0.717) is 22.8 Å². The maximum atomic E-state index is 10.5. The van der Waals surface area contributed by atoms with Crippen LogP contribution in [0.4, 0.5) is 0 Å². The Balaban J connectivity index is 2.47. The zero-order valence-corrected chi connectivity index (χ0v) is 11.6. The minimum atomic E-state index is -0.803. The zero-order chi connectivity index (χ0) is 14.0. The molecule has 4 heteroatoms. The monoisotopic (exact) mass is 262 g/mol. The van der Waals surface area contributed by atoms with Crippen LogP contribution in [0, 0.1) is 13.8 Å². The SMILES string of the molecule is COc1ccc(OC)c(C(O)c2cc(C)oc2C)c1. The van der Waals surface area contributed by atoms with Gasteiger partial charge in [0.15, 0.2) is 0 Å². The molecule has 19 heavy (non-hydrogen) atoms. The second-order valence-electron chi connectivity index (χ2n) is 4.38. The molecule has 0 aliphatic carbocycles. The summed E-state index contributed by atoms with van der Waals surface area (Å²) in [6.45, 7) is 3.68. The molecule has 0 bridgehead atoms. The topological polar surface area (TPSA) is 51.8 Å². The van der Waals surface area contributed by atoms with Crippen molar-refractivity contribution in [3.05, 3.63) is 46.9 Å². The molecule has 0 saturated heterocycles. The van der Waals surface area contributed by atoms with Gasteiger partial charge in [-0.3, -0.25) is 0 Å². The van der Waals surface area contributed by atoms with Crippen molar-refractivity contribution >= 4 is 0 Å². The van der Waals surface area contributed by atoms with E-state index >= 15 is 0 Å². The fourth-order valence-electron chi connectivity index (χ4n) is 2.14. The van der Waals surface area contributed by atoms with E-state index in [2.05, 4.69) is 0 Å². The van der Waals surface area contributed by atoms with Crippen molar-refractivity contribution < 1.29 is 19.0 Å². The van der Waals surface area contributed by atoms with Crippen molar-refractivity contribution in [1.82, 2.24) is 0 Å². The molecule has 2 rings (SSSR count). The van der Waals surface area contributed by atoms with Crippen LogP contribution in [0.25, 0.3) is 0 Å². The number of rotatable bonds is 4. The van der Waals surface area contributed by atoms with Gasteiger partial charge in [-0.25, -0.2) is 0 Å². The van der Waals surface area contributed by atoms with Crippen molar-refractivity contribution in [1.29, 1.82) is 0 Å². The van der Waals surface area contributed by atoms with Crippen LogP contribution in [0.1, 0.15) is 28.8 Å². The van der Waals surface area contributed by atoms with Crippen LogP contribution in [0.3, 0.4) is 0 Å². The number of aryl methyl sites for hydroxylation is 2. The highest BCUT2D eigenvalue weighted by atomic mass is 16.5. The molecule has 0 aliphatic heterocycles. The Morgan fingerprint density at radius 1 is 1.05 bits per heavy atom. The molecular formula is C15H18O4. The number of ether oxygens (including phenoxy) is 2. The highest BCUT2D eigenvalue weighted by Crippen LogP contribution is 2.35. The number of benzene rings is 1. The number of aliphatic hydroxyl groups excluding tert-OH is 1. The van der Waals surface area contributed by atoms with Crippen molar-refractivity contribution in [2.75, 3.05) is 14.2 Å². The Labute approximate surface area is 112 Å². The average Bonchev–Trinajstić information content (AvgIpc) is 2.76. The molecule has 4 nitrogen and oxygen atoms in total. The summed E-state index contributed by atoms with van der Waals surface area (Å²) in [4.78, 5) is 0. The predicted molar refractivity (Wildman–Crippen MR) is 71.8 cm³/mol. The van der Waals surface area contributed by atoms with Crippen LogP contribution in [0.15, 0.2) is 28.7 Å². The lowest BCUT2D eigenvalue weighted by Crippen LogP contribution is -2.03. The molecule has 1 unspecified atom stereocenters. The van der Waals surface area contributed by atoms with E-state index in [-0.39, 0.29) is 0 Å². The van der Waals surface area contributed by atoms with Gasteiger partial charge in [0.2, 0.25) is 0 Å². The summed E-state index contributed by atoms with van der Waals surface area (Å²) < 4.78 is 15.9. The molecule has 1 aromatic carbocycles. The van der Waals surface area contributed by atoms with Crippen molar-refractivity contribution in [3.8, 4) is 11.5 Å². The van der Waals surface area contributed by atoms with Crippen molar-refractivity contribution in [3.63, 3.8) is 0 Å². The molecule has 102 valence electrons. The van der Waals surface area contributed by atoms with Gasteiger partial charge < -0.3 is 19.0 Å². The molecule has 0 radical (unpaired) electrons. The smallest absolute Gasteiger partial charge is 0.125 e. The lowest BCUT2D eigenvalue weighted by molar-refractivity contribution is 0.212. The summed E-state index contributed by atoms with van der Waals surface area (Å²) in [6.07, 6.45) is -0.803. The predicted octanol–water partition coefficient (Wildman–Crippen LogP) is 3.00. The van der Waals surface area contributed by atoms with Crippen molar-refractivity contribution in [2.24, 2.45) is 0 Å². The van der Waals surface area contributed by atoms with E-state index in [1.807, 2.05) is 19.9 Å². The second kappa shape index (κ2) is 5.36. The molecule has 1 heterocycles. The fraction of sp³-hybridized carbons (Fsp3) is 0.333. The largest absolute Gasteiger partial charge is 0.497 e. The fourth-order valence-corrected chi connectivity index (χ4v) is 2.14. The average molecular weight is 262 g/mol. The van der Waals surface area contributed by atoms with Crippen LogP contribution >= 0.6 is 0 Å². The Morgan fingerprint density at radius 3 is 2.32 bits per heavy atom. The molecule has 1 aromatic heterocycles. The van der Waals surface area contributed by atoms with Crippen LogP contribution in [-0.2, 0) is 0 Å². The number of methoxy groups -OCH3 is 2. The first-order valence-electron chi connectivity index (χ1n) is 6.03. The van der Waals surface area contributed by atoms with Gasteiger partial charge in [-0.2, -0.15) is 0 Å². The molecular weight excluding hydrogens is 244 g/mol. The number of hydrogen-bond donors (Lipinski definition) is 1. The molecule has 1 atom stereocenters. The molecule has 0 aliphatic rings. The van der Waals surface area contributed by atoms with E-state index in [1.54, 1.807) is 32.4 Å². The van der Waals surface area contributed by atoms with Gasteiger partial charge in [0.1, 0.15) is 29.1 Å². The maximum Gasteiger partial charge on any atom is 0.125 e. The van der Waals surface area contributed by atoms with Gasteiger partial charge in [-0.15, -0.1) is 0 Å². The highest BCUT2D eigenvalue weighted by Gasteiger charge is 2.20. The molecule has 1 N–H and O–H groups in total. The van der Waals surface area contributed by atoms with Crippen LogP contribution in [-0.4, -0.2) is 19.3 Å². The zero-order valence-electron chi connectivity index (χ0n) is 11.6. The van der Waals surface area contributed by atoms with Gasteiger partial charge in [0.05, 0.1) is 14.2 Å². The van der Waals surface area contributed by atoms with E-state index in [1.165, 1.54) is 0 Å². The normalized spacial score (nSPS) is 12.3. The summed E-state index contributed by atoms with van der Waals surface area (Å²) in [5.41, 5.74) is 1.40. The van der Waals surface area contributed by atoms with Crippen LogP contribution in [0.5, 0.6) is 11.5 Å². The molecule has 0 fully saturated rings. The second-order valence-corrected chi connectivity index (χ2v) is 4.38. The Morgan fingerprint density at radius 2 is 1.79 bits per heavy atom. The third-order valence-electron chi connectivity index (χ3n) is 3.11. The van der Waals surface area contributed by atoms with E-state index in [0.717, 1.165) is 11.3 Å². The third-order valence-corrected chi connectivity index (χ3v) is 3.11. The van der Waals surface area contributed by atoms with Crippen LogP contribution in [0.2, 0.25) is 0 Å². The summed E-state index contributed by atoms with van der Waals surface area (Å²) >= 11 is 0. The first-order valence-corrected chi connectivity index (χ1v) is 6.03. The Bertz CT molecular complexity index is 572. The molecule has 0 spiro atoms. The number of aliphatic hydroxyl groups is 1. The summed E-state index contributed by atoms with van der Waals surface area (Å²) in [5, 5.41) is 10.5. The van der Waals surface area contributed by atoms with Gasteiger partial charge >= 0.3 is 0 Å². The van der Waals surface area contributed by atoms with Gasteiger partial charge in [-0.05, 0) is 38.1 Å². The Hall–Kier alpha value is -1.94. The van der Waals surface area contributed by atoms with Gasteiger partial charge in [0, 0.05) is 11.1 Å². The van der Waals surface area contributed by atoms with Crippen molar-refractivity contribution in [2.45, 2.75) is 20.0 Å². The first kappa shape index (κ1) is 13.5.